The summed E-state index contributed by atoms with van der Waals surface area (Å²) in [6.07, 6.45) is 2.21. The van der Waals surface area contributed by atoms with Crippen molar-refractivity contribution in [3.8, 4) is 11.5 Å². The van der Waals surface area contributed by atoms with Crippen LogP contribution in [0.4, 0.5) is 5.69 Å². The molecule has 0 spiro atoms. The lowest BCUT2D eigenvalue weighted by Crippen LogP contribution is -2.21. The van der Waals surface area contributed by atoms with Crippen molar-refractivity contribution in [2.45, 2.75) is 26.2 Å². The normalized spacial score (nSPS) is 14.0. The van der Waals surface area contributed by atoms with Crippen LogP contribution in [-0.4, -0.2) is 31.7 Å². The first-order valence-electron chi connectivity index (χ1n) is 10.1. The highest BCUT2D eigenvalue weighted by Gasteiger charge is 2.28. The molecule has 2 aromatic heterocycles. The number of benzene rings is 1. The maximum absolute atomic E-state index is 13.0. The zero-order valence-corrected chi connectivity index (χ0v) is 18.8. The van der Waals surface area contributed by atoms with Crippen LogP contribution in [0.3, 0.4) is 0 Å². The van der Waals surface area contributed by atoms with E-state index >= 15 is 0 Å². The standard InChI is InChI=1S/C23H23N3O5S/c1-13-20-16(25-26-22(27)19-8-5-11-32-19)6-4-7-17(20)31-21(13)23(28)24-15-10-9-14(29-2)12-18(15)30-3/h5,8-12H,4,6-7H2,1-3H3,(H,24,28)(H,26,27)/b25-16+. The van der Waals surface area contributed by atoms with Crippen molar-refractivity contribution in [1.29, 1.82) is 0 Å². The van der Waals surface area contributed by atoms with Crippen LogP contribution in [0.2, 0.25) is 0 Å². The fraction of sp³-hybridized carbons (Fsp3) is 0.261. The Kier molecular flexibility index (Phi) is 6.27. The molecule has 0 aliphatic heterocycles. The van der Waals surface area contributed by atoms with Crippen molar-refractivity contribution < 1.29 is 23.5 Å². The van der Waals surface area contributed by atoms with Gasteiger partial charge in [-0.15, -0.1) is 11.3 Å². The number of carbonyl (C=O) groups is 2. The Hall–Kier alpha value is -3.59. The van der Waals surface area contributed by atoms with Gasteiger partial charge in [0.2, 0.25) is 0 Å². The molecule has 1 aliphatic rings. The number of rotatable bonds is 6. The van der Waals surface area contributed by atoms with Crippen molar-refractivity contribution in [3.05, 3.63) is 63.2 Å². The summed E-state index contributed by atoms with van der Waals surface area (Å²) in [6, 6.07) is 8.69. The fourth-order valence-corrected chi connectivity index (χ4v) is 4.27. The van der Waals surface area contributed by atoms with E-state index in [0.717, 1.165) is 12.0 Å². The van der Waals surface area contributed by atoms with E-state index in [-0.39, 0.29) is 17.6 Å². The van der Waals surface area contributed by atoms with Crippen molar-refractivity contribution in [3.63, 3.8) is 0 Å². The van der Waals surface area contributed by atoms with Gasteiger partial charge in [-0.3, -0.25) is 9.59 Å². The van der Waals surface area contributed by atoms with E-state index in [1.54, 1.807) is 31.4 Å². The average molecular weight is 454 g/mol. The van der Waals surface area contributed by atoms with Crippen LogP contribution < -0.4 is 20.2 Å². The van der Waals surface area contributed by atoms with Gasteiger partial charge in [0, 0.05) is 23.6 Å². The van der Waals surface area contributed by atoms with Gasteiger partial charge in [-0.2, -0.15) is 5.10 Å². The van der Waals surface area contributed by atoms with E-state index in [1.807, 2.05) is 18.4 Å². The minimum absolute atomic E-state index is 0.215. The van der Waals surface area contributed by atoms with Gasteiger partial charge in [-0.25, -0.2) is 5.43 Å². The summed E-state index contributed by atoms with van der Waals surface area (Å²) in [5.74, 6) is 1.37. The zero-order valence-electron chi connectivity index (χ0n) is 18.0. The monoisotopic (exact) mass is 453 g/mol. The summed E-state index contributed by atoms with van der Waals surface area (Å²) in [5.41, 5.74) is 5.30. The van der Waals surface area contributed by atoms with E-state index in [1.165, 1.54) is 18.4 Å². The van der Waals surface area contributed by atoms with Crippen molar-refractivity contribution >= 4 is 34.6 Å². The Morgan fingerprint density at radius 2 is 1.97 bits per heavy atom. The number of carbonyl (C=O) groups excluding carboxylic acids is 2. The molecule has 0 unspecified atom stereocenters. The van der Waals surface area contributed by atoms with Gasteiger partial charge in [0.25, 0.3) is 11.8 Å². The molecule has 0 saturated carbocycles. The van der Waals surface area contributed by atoms with Crippen LogP contribution in [0.15, 0.2) is 45.2 Å². The van der Waals surface area contributed by atoms with Crippen LogP contribution in [0.5, 0.6) is 11.5 Å². The molecule has 0 radical (unpaired) electrons. The van der Waals surface area contributed by atoms with Gasteiger partial charge >= 0.3 is 0 Å². The second-order valence-corrected chi connectivity index (χ2v) is 8.15. The topological polar surface area (TPSA) is 102 Å². The smallest absolute Gasteiger partial charge is 0.291 e. The molecule has 1 aliphatic carbocycles. The number of nitrogens with zero attached hydrogens (tertiary/aromatic N) is 1. The van der Waals surface area contributed by atoms with Gasteiger partial charge in [0.1, 0.15) is 17.3 Å². The molecule has 166 valence electrons. The molecule has 0 atom stereocenters. The van der Waals surface area contributed by atoms with Crippen LogP contribution in [-0.2, 0) is 6.42 Å². The first-order valence-corrected chi connectivity index (χ1v) is 11.0. The second kappa shape index (κ2) is 9.27. The lowest BCUT2D eigenvalue weighted by Gasteiger charge is -2.13. The van der Waals surface area contributed by atoms with E-state index in [2.05, 4.69) is 15.8 Å². The highest BCUT2D eigenvalue weighted by atomic mass is 32.1. The Morgan fingerprint density at radius 3 is 2.69 bits per heavy atom. The molecule has 2 amide bonds. The third-order valence-corrected chi connectivity index (χ3v) is 6.09. The van der Waals surface area contributed by atoms with Crippen LogP contribution in [0.1, 0.15) is 50.0 Å². The van der Waals surface area contributed by atoms with E-state index in [4.69, 9.17) is 13.9 Å². The molecule has 0 bridgehead atoms. The lowest BCUT2D eigenvalue weighted by atomic mass is 9.93. The summed E-state index contributed by atoms with van der Waals surface area (Å²) in [4.78, 5) is 25.8. The van der Waals surface area contributed by atoms with Gasteiger partial charge in [-0.1, -0.05) is 6.07 Å². The molecule has 1 aromatic carbocycles. The number of ether oxygens (including phenoxy) is 2. The van der Waals surface area contributed by atoms with Gasteiger partial charge in [-0.05, 0) is 43.3 Å². The summed E-state index contributed by atoms with van der Waals surface area (Å²) >= 11 is 1.35. The van der Waals surface area contributed by atoms with Gasteiger partial charge in [0.15, 0.2) is 5.76 Å². The van der Waals surface area contributed by atoms with Crippen molar-refractivity contribution in [1.82, 2.24) is 5.43 Å². The largest absolute Gasteiger partial charge is 0.497 e. The van der Waals surface area contributed by atoms with Gasteiger partial charge in [0.05, 0.1) is 30.5 Å². The predicted molar refractivity (Wildman–Crippen MR) is 122 cm³/mol. The maximum Gasteiger partial charge on any atom is 0.291 e. The molecular weight excluding hydrogens is 430 g/mol. The molecule has 0 saturated heterocycles. The first-order chi connectivity index (χ1) is 15.5. The Morgan fingerprint density at radius 1 is 1.12 bits per heavy atom. The summed E-state index contributed by atoms with van der Waals surface area (Å²) in [5, 5.41) is 9.02. The highest BCUT2D eigenvalue weighted by molar-refractivity contribution is 7.12. The molecule has 0 fully saturated rings. The molecule has 2 heterocycles. The molecule has 2 N–H and O–H groups in total. The number of fused-ring (bicyclic) bond motifs is 1. The number of aryl methyl sites for hydroxylation is 1. The number of furan rings is 1. The minimum atomic E-state index is -0.387. The summed E-state index contributed by atoms with van der Waals surface area (Å²) < 4.78 is 16.5. The van der Waals surface area contributed by atoms with Crippen LogP contribution >= 0.6 is 11.3 Å². The summed E-state index contributed by atoms with van der Waals surface area (Å²) in [6.45, 7) is 1.82. The van der Waals surface area contributed by atoms with Crippen LogP contribution in [0, 0.1) is 6.92 Å². The number of hydrogen-bond donors (Lipinski definition) is 2. The molecule has 9 heteroatoms. The predicted octanol–water partition coefficient (Wildman–Crippen LogP) is 4.39. The molecule has 3 aromatic rings. The minimum Gasteiger partial charge on any atom is -0.497 e. The highest BCUT2D eigenvalue weighted by Crippen LogP contribution is 2.32. The van der Waals surface area contributed by atoms with Crippen LogP contribution in [0.25, 0.3) is 0 Å². The Bertz CT molecular complexity index is 1180. The molecule has 4 rings (SSSR count). The molecular formula is C23H23N3O5S. The number of hydrogen-bond acceptors (Lipinski definition) is 7. The van der Waals surface area contributed by atoms with E-state index in [0.29, 0.717) is 51.9 Å². The Labute approximate surface area is 189 Å². The van der Waals surface area contributed by atoms with E-state index < -0.39 is 0 Å². The fourth-order valence-electron chi connectivity index (χ4n) is 3.66. The zero-order chi connectivity index (χ0) is 22.7. The number of anilines is 1. The third-order valence-electron chi connectivity index (χ3n) is 5.23. The van der Waals surface area contributed by atoms with Gasteiger partial charge < -0.3 is 19.2 Å². The number of nitrogens with one attached hydrogen (secondary N) is 2. The maximum atomic E-state index is 13.0. The number of amides is 2. The lowest BCUT2D eigenvalue weighted by molar-refractivity contribution is 0.0957. The van der Waals surface area contributed by atoms with Crippen molar-refractivity contribution in [2.24, 2.45) is 5.10 Å². The number of thiophene rings is 1. The van der Waals surface area contributed by atoms with E-state index in [9.17, 15) is 9.59 Å². The second-order valence-electron chi connectivity index (χ2n) is 7.20. The van der Waals surface area contributed by atoms with Crippen molar-refractivity contribution in [2.75, 3.05) is 19.5 Å². The molecule has 32 heavy (non-hydrogen) atoms. The average Bonchev–Trinajstić information content (AvgIpc) is 3.46. The SMILES string of the molecule is COc1ccc(NC(=O)c2oc3c(c2C)/C(=N/NC(=O)c2cccs2)CCC3)c(OC)c1. The number of methoxy groups -OCH3 is 2. The first kappa shape index (κ1) is 21.6. The molecule has 8 nitrogen and oxygen atoms in total. The third kappa shape index (κ3) is 4.24. The Balaban J connectivity index is 1.58. The quantitative estimate of drug-likeness (QED) is 0.539. The summed E-state index contributed by atoms with van der Waals surface area (Å²) in [7, 11) is 3.08. The number of hydrazone groups is 1.